The standard InChI is InChI=1S/C25H24N6O/c1-15-24(17-9-4-6-11-19(17)28-15)31-21(14-26)23(30-25(31)32)22-16-8-3-5-10-18(16)29-20(22)12-7-13-27-2/h3-6,8-11,27-29H,7,12-13H2,1-2H3,(H,30,32). The van der Waals surface area contributed by atoms with E-state index in [1.807, 2.05) is 62.5 Å². The van der Waals surface area contributed by atoms with Gasteiger partial charge in [0, 0.05) is 38.8 Å². The van der Waals surface area contributed by atoms with Crippen molar-refractivity contribution in [3.63, 3.8) is 0 Å². The van der Waals surface area contributed by atoms with Crippen LogP contribution in [0.4, 0.5) is 0 Å². The second-order valence-corrected chi connectivity index (χ2v) is 7.98. The van der Waals surface area contributed by atoms with Gasteiger partial charge in [-0.05, 0) is 45.5 Å². The van der Waals surface area contributed by atoms with Gasteiger partial charge in [0.05, 0.1) is 11.4 Å². The molecule has 32 heavy (non-hydrogen) atoms. The van der Waals surface area contributed by atoms with Gasteiger partial charge < -0.3 is 20.3 Å². The Bertz CT molecular complexity index is 1540. The third kappa shape index (κ3) is 3.04. The van der Waals surface area contributed by atoms with Gasteiger partial charge in [-0.25, -0.2) is 9.36 Å². The van der Waals surface area contributed by atoms with Gasteiger partial charge in [-0.1, -0.05) is 36.4 Å². The lowest BCUT2D eigenvalue weighted by molar-refractivity contribution is 0.719. The van der Waals surface area contributed by atoms with Crippen molar-refractivity contribution in [1.82, 2.24) is 24.8 Å². The van der Waals surface area contributed by atoms with Gasteiger partial charge in [-0.15, -0.1) is 0 Å². The maximum Gasteiger partial charge on any atom is 0.331 e. The number of nitriles is 1. The maximum atomic E-state index is 13.2. The maximum absolute atomic E-state index is 13.2. The zero-order valence-electron chi connectivity index (χ0n) is 18.0. The number of hydrogen-bond donors (Lipinski definition) is 4. The van der Waals surface area contributed by atoms with Crippen LogP contribution in [0.1, 0.15) is 23.5 Å². The minimum atomic E-state index is -0.323. The number of hydrogen-bond acceptors (Lipinski definition) is 3. The van der Waals surface area contributed by atoms with Crippen molar-refractivity contribution in [3.05, 3.63) is 76.1 Å². The smallest absolute Gasteiger partial charge is 0.331 e. The summed E-state index contributed by atoms with van der Waals surface area (Å²) < 4.78 is 1.50. The van der Waals surface area contributed by atoms with Gasteiger partial charge in [0.1, 0.15) is 6.07 Å². The summed E-state index contributed by atoms with van der Waals surface area (Å²) in [4.78, 5) is 23.1. The second-order valence-electron chi connectivity index (χ2n) is 7.98. The molecule has 5 aromatic rings. The van der Waals surface area contributed by atoms with Crippen LogP contribution in [0.2, 0.25) is 0 Å². The summed E-state index contributed by atoms with van der Waals surface area (Å²) in [7, 11) is 1.93. The first-order valence-corrected chi connectivity index (χ1v) is 10.7. The van der Waals surface area contributed by atoms with E-state index in [0.717, 1.165) is 58.1 Å². The van der Waals surface area contributed by atoms with Crippen LogP contribution in [0.3, 0.4) is 0 Å². The van der Waals surface area contributed by atoms with Gasteiger partial charge in [0.2, 0.25) is 0 Å². The first-order valence-electron chi connectivity index (χ1n) is 10.7. The van der Waals surface area contributed by atoms with Crippen LogP contribution >= 0.6 is 0 Å². The highest BCUT2D eigenvalue weighted by Gasteiger charge is 2.24. The van der Waals surface area contributed by atoms with Crippen LogP contribution in [-0.2, 0) is 6.42 Å². The average molecular weight is 425 g/mol. The van der Waals surface area contributed by atoms with E-state index in [-0.39, 0.29) is 5.69 Å². The number of H-pyrrole nitrogens is 3. The largest absolute Gasteiger partial charge is 0.358 e. The molecule has 0 aliphatic carbocycles. The number of aromatic amines is 3. The number of aromatic nitrogens is 4. The molecule has 0 saturated carbocycles. The molecular formula is C25H24N6O. The number of para-hydroxylation sites is 2. The fourth-order valence-electron chi connectivity index (χ4n) is 4.60. The summed E-state index contributed by atoms with van der Waals surface area (Å²) in [5.41, 5.74) is 5.91. The predicted molar refractivity (Wildman–Crippen MR) is 127 cm³/mol. The molecule has 160 valence electrons. The number of imidazole rings is 1. The molecule has 0 saturated heterocycles. The fourth-order valence-corrected chi connectivity index (χ4v) is 4.60. The molecule has 3 aromatic heterocycles. The van der Waals surface area contributed by atoms with Crippen LogP contribution < -0.4 is 11.0 Å². The predicted octanol–water partition coefficient (Wildman–Crippen LogP) is 4.13. The minimum absolute atomic E-state index is 0.308. The van der Waals surface area contributed by atoms with E-state index >= 15 is 0 Å². The molecule has 0 fully saturated rings. The molecule has 0 radical (unpaired) electrons. The molecule has 0 atom stereocenters. The number of nitrogens with one attached hydrogen (secondary N) is 4. The van der Waals surface area contributed by atoms with Crippen LogP contribution in [0, 0.1) is 18.3 Å². The normalized spacial score (nSPS) is 11.4. The van der Waals surface area contributed by atoms with E-state index in [1.165, 1.54) is 4.57 Å². The Balaban J connectivity index is 1.78. The zero-order valence-corrected chi connectivity index (χ0v) is 18.0. The highest BCUT2D eigenvalue weighted by atomic mass is 16.1. The van der Waals surface area contributed by atoms with Gasteiger partial charge in [0.15, 0.2) is 5.69 Å². The molecule has 0 spiro atoms. The van der Waals surface area contributed by atoms with Gasteiger partial charge >= 0.3 is 5.69 Å². The second kappa shape index (κ2) is 7.91. The van der Waals surface area contributed by atoms with E-state index < -0.39 is 0 Å². The Hall–Kier alpha value is -4.02. The Morgan fingerprint density at radius 1 is 1.00 bits per heavy atom. The van der Waals surface area contributed by atoms with Crippen molar-refractivity contribution in [2.24, 2.45) is 0 Å². The molecule has 0 amide bonds. The lowest BCUT2D eigenvalue weighted by atomic mass is 10.0. The van der Waals surface area contributed by atoms with Crippen LogP contribution in [0.15, 0.2) is 53.3 Å². The van der Waals surface area contributed by atoms with E-state index in [0.29, 0.717) is 17.1 Å². The summed E-state index contributed by atoms with van der Waals surface area (Å²) in [5, 5.41) is 15.3. The Kier molecular flexibility index (Phi) is 4.92. The number of nitrogens with zero attached hydrogens (tertiary/aromatic N) is 2. The fraction of sp³-hybridized carbons (Fsp3) is 0.200. The van der Waals surface area contributed by atoms with E-state index in [4.69, 9.17) is 0 Å². The summed E-state index contributed by atoms with van der Waals surface area (Å²) in [5.74, 6) is 0. The SMILES string of the molecule is CNCCCc1[nH]c2ccccc2c1-c1[nH]c(=O)n(-c2c(C)[nH]c3ccccc23)c1C#N. The first-order chi connectivity index (χ1) is 15.6. The third-order valence-corrected chi connectivity index (χ3v) is 5.97. The quantitative estimate of drug-likeness (QED) is 0.308. The minimum Gasteiger partial charge on any atom is -0.358 e. The molecule has 0 bridgehead atoms. The molecule has 0 unspecified atom stereocenters. The van der Waals surface area contributed by atoms with E-state index in [2.05, 4.69) is 26.3 Å². The van der Waals surface area contributed by atoms with Crippen molar-refractivity contribution in [3.8, 4) is 23.0 Å². The average Bonchev–Trinajstić information content (AvgIpc) is 3.43. The monoisotopic (exact) mass is 424 g/mol. The number of aryl methyl sites for hydroxylation is 2. The number of fused-ring (bicyclic) bond motifs is 2. The summed E-state index contributed by atoms with van der Waals surface area (Å²) in [6.45, 7) is 2.80. The van der Waals surface area contributed by atoms with E-state index in [9.17, 15) is 10.1 Å². The topological polar surface area (TPSA) is 105 Å². The Morgan fingerprint density at radius 2 is 1.69 bits per heavy atom. The number of rotatable bonds is 6. The van der Waals surface area contributed by atoms with Crippen molar-refractivity contribution in [1.29, 1.82) is 5.26 Å². The molecule has 3 heterocycles. The van der Waals surface area contributed by atoms with Crippen LogP contribution in [-0.4, -0.2) is 33.1 Å². The van der Waals surface area contributed by atoms with Crippen molar-refractivity contribution in [2.75, 3.05) is 13.6 Å². The van der Waals surface area contributed by atoms with Crippen molar-refractivity contribution in [2.45, 2.75) is 19.8 Å². The van der Waals surface area contributed by atoms with E-state index in [1.54, 1.807) is 0 Å². The molecule has 0 aliphatic rings. The summed E-state index contributed by atoms with van der Waals surface area (Å²) in [6, 6.07) is 18.1. The Labute approximate surface area is 184 Å². The molecule has 5 rings (SSSR count). The van der Waals surface area contributed by atoms with Gasteiger partial charge in [-0.3, -0.25) is 0 Å². The lowest BCUT2D eigenvalue weighted by Gasteiger charge is -2.06. The first kappa shape index (κ1) is 19.9. The molecule has 0 aliphatic heterocycles. The van der Waals surface area contributed by atoms with Crippen LogP contribution in [0.5, 0.6) is 0 Å². The van der Waals surface area contributed by atoms with Crippen molar-refractivity contribution >= 4 is 21.8 Å². The highest BCUT2D eigenvalue weighted by molar-refractivity contribution is 5.98. The van der Waals surface area contributed by atoms with Gasteiger partial charge in [-0.2, -0.15) is 5.26 Å². The molecular weight excluding hydrogens is 400 g/mol. The molecule has 4 N–H and O–H groups in total. The summed E-state index contributed by atoms with van der Waals surface area (Å²) >= 11 is 0. The van der Waals surface area contributed by atoms with Crippen molar-refractivity contribution < 1.29 is 0 Å². The highest BCUT2D eigenvalue weighted by Crippen LogP contribution is 2.35. The summed E-state index contributed by atoms with van der Waals surface area (Å²) in [6.07, 6.45) is 1.74. The molecule has 7 heteroatoms. The third-order valence-electron chi connectivity index (χ3n) is 5.97. The lowest BCUT2D eigenvalue weighted by Crippen LogP contribution is -2.16. The van der Waals surface area contributed by atoms with Gasteiger partial charge in [0.25, 0.3) is 0 Å². The molecule has 2 aromatic carbocycles. The zero-order chi connectivity index (χ0) is 22.2. The Morgan fingerprint density at radius 3 is 2.41 bits per heavy atom. The number of benzene rings is 2. The molecule has 7 nitrogen and oxygen atoms in total. The van der Waals surface area contributed by atoms with Crippen LogP contribution in [0.25, 0.3) is 38.8 Å².